The number of nitrogens with one attached hydrogen (secondary N) is 2. The van der Waals surface area contributed by atoms with Gasteiger partial charge in [0.05, 0.1) is 31.9 Å². The molecular formula is C21H26ClN3O3. The van der Waals surface area contributed by atoms with Crippen molar-refractivity contribution < 1.29 is 14.3 Å². The number of para-hydroxylation sites is 2. The number of rotatable bonds is 9. The molecule has 0 spiro atoms. The van der Waals surface area contributed by atoms with Crippen LogP contribution in [0.5, 0.6) is 5.75 Å². The molecule has 0 bridgehead atoms. The molecule has 0 saturated heterocycles. The van der Waals surface area contributed by atoms with Gasteiger partial charge in [0, 0.05) is 5.02 Å². The van der Waals surface area contributed by atoms with Crippen molar-refractivity contribution in [1.29, 1.82) is 0 Å². The van der Waals surface area contributed by atoms with Gasteiger partial charge in [0.2, 0.25) is 11.8 Å². The third-order valence-corrected chi connectivity index (χ3v) is 4.56. The molecule has 0 aromatic heterocycles. The van der Waals surface area contributed by atoms with Gasteiger partial charge in [-0.1, -0.05) is 42.8 Å². The summed E-state index contributed by atoms with van der Waals surface area (Å²) in [5.41, 5.74) is 1.57. The highest BCUT2D eigenvalue weighted by molar-refractivity contribution is 6.30. The number of carbonyl (C=O) groups is 2. The molecule has 150 valence electrons. The molecule has 0 saturated carbocycles. The van der Waals surface area contributed by atoms with Crippen LogP contribution in [0.3, 0.4) is 0 Å². The Morgan fingerprint density at radius 3 is 2.36 bits per heavy atom. The van der Waals surface area contributed by atoms with Gasteiger partial charge in [0.15, 0.2) is 0 Å². The third-order valence-electron chi connectivity index (χ3n) is 4.31. The van der Waals surface area contributed by atoms with Gasteiger partial charge in [0.25, 0.3) is 0 Å². The molecule has 0 aliphatic rings. The molecule has 2 rings (SSSR count). The second-order valence-corrected chi connectivity index (χ2v) is 6.83. The number of benzene rings is 2. The number of methoxy groups -OCH3 is 1. The number of hydrogen-bond donors (Lipinski definition) is 2. The monoisotopic (exact) mass is 403 g/mol. The van der Waals surface area contributed by atoms with Gasteiger partial charge in [-0.25, -0.2) is 0 Å². The average Bonchev–Trinajstić information content (AvgIpc) is 2.68. The minimum atomic E-state index is -0.204. The van der Waals surface area contributed by atoms with Crippen molar-refractivity contribution in [2.24, 2.45) is 0 Å². The van der Waals surface area contributed by atoms with Crippen molar-refractivity contribution in [3.8, 4) is 5.75 Å². The summed E-state index contributed by atoms with van der Waals surface area (Å²) in [6.45, 7) is 4.63. The molecule has 0 radical (unpaired) electrons. The smallest absolute Gasteiger partial charge is 0.238 e. The van der Waals surface area contributed by atoms with Crippen LogP contribution in [0.15, 0.2) is 48.5 Å². The Morgan fingerprint density at radius 2 is 1.71 bits per heavy atom. The first-order valence-corrected chi connectivity index (χ1v) is 9.50. The maximum atomic E-state index is 12.4. The minimum absolute atomic E-state index is 0.108. The zero-order valence-electron chi connectivity index (χ0n) is 16.4. The SMILES string of the molecule is CCN(CC(=O)Nc1ccccc1OC)CC(=O)N[C@H](C)c1ccc(Cl)cc1. The summed E-state index contributed by atoms with van der Waals surface area (Å²) in [6.07, 6.45) is 0. The molecule has 0 aliphatic heterocycles. The highest BCUT2D eigenvalue weighted by atomic mass is 35.5. The Balaban J connectivity index is 1.87. The summed E-state index contributed by atoms with van der Waals surface area (Å²) >= 11 is 5.90. The molecule has 28 heavy (non-hydrogen) atoms. The zero-order valence-corrected chi connectivity index (χ0v) is 17.1. The van der Waals surface area contributed by atoms with Crippen LogP contribution >= 0.6 is 11.6 Å². The van der Waals surface area contributed by atoms with E-state index in [1.54, 1.807) is 36.3 Å². The van der Waals surface area contributed by atoms with E-state index in [-0.39, 0.29) is 30.9 Å². The lowest BCUT2D eigenvalue weighted by molar-refractivity contribution is -0.123. The van der Waals surface area contributed by atoms with Crippen LogP contribution in [-0.2, 0) is 9.59 Å². The lowest BCUT2D eigenvalue weighted by atomic mass is 10.1. The number of halogens is 1. The number of amides is 2. The molecule has 2 N–H and O–H groups in total. The Kier molecular flexibility index (Phi) is 8.29. The number of ether oxygens (including phenoxy) is 1. The zero-order chi connectivity index (χ0) is 20.5. The summed E-state index contributed by atoms with van der Waals surface area (Å²) < 4.78 is 5.23. The van der Waals surface area contributed by atoms with Crippen molar-refractivity contribution in [1.82, 2.24) is 10.2 Å². The standard InChI is InChI=1S/C21H26ClN3O3/c1-4-25(14-21(27)24-18-7-5-6-8-19(18)28-3)13-20(26)23-15(2)16-9-11-17(22)12-10-16/h5-12,15H,4,13-14H2,1-3H3,(H,23,26)(H,24,27)/t15-/m1/s1. The maximum Gasteiger partial charge on any atom is 0.238 e. The van der Waals surface area contributed by atoms with Crippen LogP contribution in [0, 0.1) is 0 Å². The van der Waals surface area contributed by atoms with Gasteiger partial charge in [0.1, 0.15) is 5.75 Å². The van der Waals surface area contributed by atoms with E-state index >= 15 is 0 Å². The molecule has 2 aromatic carbocycles. The minimum Gasteiger partial charge on any atom is -0.495 e. The molecule has 2 aromatic rings. The molecule has 0 unspecified atom stereocenters. The van der Waals surface area contributed by atoms with Crippen LogP contribution in [-0.4, -0.2) is 43.5 Å². The summed E-state index contributed by atoms with van der Waals surface area (Å²) in [7, 11) is 1.55. The molecule has 2 amide bonds. The normalized spacial score (nSPS) is 11.8. The Labute approximate surface area is 170 Å². The molecule has 1 atom stereocenters. The second-order valence-electron chi connectivity index (χ2n) is 6.39. The number of hydrogen-bond acceptors (Lipinski definition) is 4. The lowest BCUT2D eigenvalue weighted by Crippen LogP contribution is -2.41. The first kappa shape index (κ1) is 21.7. The predicted molar refractivity (Wildman–Crippen MR) is 112 cm³/mol. The molecule has 0 heterocycles. The van der Waals surface area contributed by atoms with Crippen molar-refractivity contribution in [2.45, 2.75) is 19.9 Å². The van der Waals surface area contributed by atoms with E-state index in [9.17, 15) is 9.59 Å². The first-order valence-electron chi connectivity index (χ1n) is 9.13. The fourth-order valence-electron chi connectivity index (χ4n) is 2.75. The van der Waals surface area contributed by atoms with Crippen molar-refractivity contribution >= 4 is 29.1 Å². The summed E-state index contributed by atoms with van der Waals surface area (Å²) in [5, 5.41) is 6.42. The van der Waals surface area contributed by atoms with E-state index in [0.717, 1.165) is 5.56 Å². The summed E-state index contributed by atoms with van der Waals surface area (Å²) in [4.78, 5) is 26.5. The van der Waals surface area contributed by atoms with E-state index < -0.39 is 0 Å². The van der Waals surface area contributed by atoms with Gasteiger partial charge in [-0.2, -0.15) is 0 Å². The molecule has 0 aliphatic carbocycles. The highest BCUT2D eigenvalue weighted by Gasteiger charge is 2.16. The molecule has 0 fully saturated rings. The first-order chi connectivity index (χ1) is 13.4. The lowest BCUT2D eigenvalue weighted by Gasteiger charge is -2.21. The van der Waals surface area contributed by atoms with Crippen LogP contribution in [0.1, 0.15) is 25.5 Å². The van der Waals surface area contributed by atoms with E-state index in [1.165, 1.54) is 0 Å². The fourth-order valence-corrected chi connectivity index (χ4v) is 2.87. The Hall–Kier alpha value is -2.57. The number of nitrogens with zero attached hydrogens (tertiary/aromatic N) is 1. The van der Waals surface area contributed by atoms with Crippen molar-refractivity contribution in [3.63, 3.8) is 0 Å². The van der Waals surface area contributed by atoms with Gasteiger partial charge >= 0.3 is 0 Å². The van der Waals surface area contributed by atoms with Crippen LogP contribution in [0.2, 0.25) is 5.02 Å². The Morgan fingerprint density at radius 1 is 1.07 bits per heavy atom. The van der Waals surface area contributed by atoms with E-state index in [0.29, 0.717) is 23.0 Å². The average molecular weight is 404 g/mol. The highest BCUT2D eigenvalue weighted by Crippen LogP contribution is 2.22. The number of likely N-dealkylation sites (N-methyl/N-ethyl adjacent to an activating group) is 1. The maximum absolute atomic E-state index is 12.4. The summed E-state index contributed by atoms with van der Waals surface area (Å²) in [6, 6.07) is 14.4. The number of carbonyl (C=O) groups excluding carboxylic acids is 2. The predicted octanol–water partition coefficient (Wildman–Crippen LogP) is 3.49. The third kappa shape index (κ3) is 6.55. The van der Waals surface area contributed by atoms with Crippen molar-refractivity contribution in [3.05, 3.63) is 59.1 Å². The van der Waals surface area contributed by atoms with E-state index in [4.69, 9.17) is 16.3 Å². The van der Waals surface area contributed by atoms with Gasteiger partial charge in [-0.15, -0.1) is 0 Å². The second kappa shape index (κ2) is 10.7. The quantitative estimate of drug-likeness (QED) is 0.672. The van der Waals surface area contributed by atoms with Gasteiger partial charge in [-0.05, 0) is 43.3 Å². The van der Waals surface area contributed by atoms with E-state index in [1.807, 2.05) is 38.1 Å². The summed E-state index contributed by atoms with van der Waals surface area (Å²) in [5.74, 6) is 0.243. The van der Waals surface area contributed by atoms with Crippen LogP contribution in [0.25, 0.3) is 0 Å². The van der Waals surface area contributed by atoms with Crippen LogP contribution in [0.4, 0.5) is 5.69 Å². The topological polar surface area (TPSA) is 70.7 Å². The van der Waals surface area contributed by atoms with Crippen molar-refractivity contribution in [2.75, 3.05) is 32.1 Å². The molecule has 6 nitrogen and oxygen atoms in total. The fraction of sp³-hybridized carbons (Fsp3) is 0.333. The Bertz CT molecular complexity index is 796. The van der Waals surface area contributed by atoms with E-state index in [2.05, 4.69) is 10.6 Å². The largest absolute Gasteiger partial charge is 0.495 e. The molecular weight excluding hydrogens is 378 g/mol. The van der Waals surface area contributed by atoms with Gasteiger partial charge in [-0.3, -0.25) is 14.5 Å². The van der Waals surface area contributed by atoms with Crippen LogP contribution < -0.4 is 15.4 Å². The van der Waals surface area contributed by atoms with Gasteiger partial charge < -0.3 is 15.4 Å². The molecule has 7 heteroatoms. The number of anilines is 1.